The van der Waals surface area contributed by atoms with Gasteiger partial charge in [-0.05, 0) is 55.0 Å². The van der Waals surface area contributed by atoms with Crippen molar-refractivity contribution in [1.29, 1.82) is 0 Å². The summed E-state index contributed by atoms with van der Waals surface area (Å²) >= 11 is 0. The third kappa shape index (κ3) is 3.95. The van der Waals surface area contributed by atoms with Crippen LogP contribution in [0, 0.1) is 0 Å². The predicted octanol–water partition coefficient (Wildman–Crippen LogP) is 2.92. The van der Waals surface area contributed by atoms with Gasteiger partial charge in [-0.2, -0.15) is 18.3 Å². The summed E-state index contributed by atoms with van der Waals surface area (Å²) < 4.78 is 62.9. The fourth-order valence-corrected chi connectivity index (χ4v) is 4.11. The predicted molar refractivity (Wildman–Crippen MR) is 109 cm³/mol. The van der Waals surface area contributed by atoms with E-state index in [1.54, 1.807) is 30.6 Å². The number of urea groups is 1. The Hall–Kier alpha value is -3.74. The number of hydrogen-bond acceptors (Lipinski definition) is 6. The Labute approximate surface area is 186 Å². The number of benzene rings is 1. The molecule has 1 aliphatic heterocycles. The van der Waals surface area contributed by atoms with Crippen LogP contribution < -0.4 is 4.90 Å². The van der Waals surface area contributed by atoms with E-state index in [9.17, 15) is 31.2 Å². The van der Waals surface area contributed by atoms with Gasteiger partial charge in [-0.1, -0.05) is 0 Å². The summed E-state index contributed by atoms with van der Waals surface area (Å²) in [6, 6.07) is 6.99. The lowest BCUT2D eigenvalue weighted by Crippen LogP contribution is -2.33. The Morgan fingerprint density at radius 3 is 2.36 bits per heavy atom. The van der Waals surface area contributed by atoms with Gasteiger partial charge in [-0.3, -0.25) is 4.79 Å². The zero-order chi connectivity index (χ0) is 24.0. The molecule has 3 heterocycles. The normalized spacial score (nSPS) is 17.2. The summed E-state index contributed by atoms with van der Waals surface area (Å²) in [4.78, 5) is 31.1. The van der Waals surface area contributed by atoms with Crippen molar-refractivity contribution in [2.24, 2.45) is 0 Å². The summed E-state index contributed by atoms with van der Waals surface area (Å²) in [5, 5.41) is 4.09. The lowest BCUT2D eigenvalue weighted by atomic mass is 10.2. The number of pyridine rings is 1. The van der Waals surface area contributed by atoms with Gasteiger partial charge in [0.05, 0.1) is 10.6 Å². The molecule has 13 heteroatoms. The van der Waals surface area contributed by atoms with E-state index in [1.807, 2.05) is 0 Å². The summed E-state index contributed by atoms with van der Waals surface area (Å²) in [6.45, 7) is 1.60. The number of amides is 3. The molecule has 4 rings (SSSR count). The summed E-state index contributed by atoms with van der Waals surface area (Å²) in [5.41, 5.74) is -4.82. The van der Waals surface area contributed by atoms with E-state index in [2.05, 4.69) is 10.1 Å². The maximum absolute atomic E-state index is 13.0. The minimum Gasteiger partial charge on any atom is -0.308 e. The van der Waals surface area contributed by atoms with Gasteiger partial charge < -0.3 is 4.90 Å². The van der Waals surface area contributed by atoms with Crippen molar-refractivity contribution in [3.63, 3.8) is 0 Å². The van der Waals surface area contributed by atoms with E-state index in [-0.39, 0.29) is 12.2 Å². The highest BCUT2D eigenvalue weighted by Gasteiger charge is 2.47. The Morgan fingerprint density at radius 1 is 1.06 bits per heavy atom. The van der Waals surface area contributed by atoms with E-state index < -0.39 is 38.2 Å². The molecular weight excluding hydrogens is 463 g/mol. The Balaban J connectivity index is 1.58. The maximum Gasteiger partial charge on any atom is 0.501 e. The average Bonchev–Trinajstić information content (AvgIpc) is 3.38. The monoisotopic (exact) mass is 479 g/mol. The van der Waals surface area contributed by atoms with E-state index >= 15 is 0 Å². The SMILES string of the molecule is CC1C(=O)N(c2ccc(S(=O)(=O)C(F)(F)F)cc2)C(=O)N1Cc1ccnc(-n2cccn2)c1. The van der Waals surface area contributed by atoms with E-state index in [1.165, 1.54) is 22.7 Å². The molecule has 0 aliphatic carbocycles. The Kier molecular flexibility index (Phi) is 5.44. The number of aromatic nitrogens is 3. The quantitative estimate of drug-likeness (QED) is 0.521. The number of hydrogen-bond donors (Lipinski definition) is 0. The number of carbonyl (C=O) groups is 2. The summed E-state index contributed by atoms with van der Waals surface area (Å²) in [7, 11) is -5.54. The van der Waals surface area contributed by atoms with Crippen LogP contribution in [-0.4, -0.2) is 51.6 Å². The first-order chi connectivity index (χ1) is 15.5. The molecule has 9 nitrogen and oxygen atoms in total. The van der Waals surface area contributed by atoms with Crippen LogP contribution in [0.5, 0.6) is 0 Å². The van der Waals surface area contributed by atoms with Crippen LogP contribution in [0.25, 0.3) is 5.82 Å². The zero-order valence-electron chi connectivity index (χ0n) is 17.0. The molecule has 33 heavy (non-hydrogen) atoms. The number of sulfone groups is 1. The van der Waals surface area contributed by atoms with Crippen molar-refractivity contribution in [2.75, 3.05) is 4.90 Å². The number of alkyl halides is 3. The number of halogens is 3. The Bertz CT molecular complexity index is 1310. The molecule has 1 aromatic carbocycles. The van der Waals surface area contributed by atoms with Gasteiger partial charge in [-0.15, -0.1) is 0 Å². The lowest BCUT2D eigenvalue weighted by molar-refractivity contribution is -0.119. The van der Waals surface area contributed by atoms with Crippen molar-refractivity contribution in [1.82, 2.24) is 19.7 Å². The molecule has 0 spiro atoms. The molecule has 1 atom stereocenters. The maximum atomic E-state index is 13.0. The molecule has 1 saturated heterocycles. The van der Waals surface area contributed by atoms with Crippen LogP contribution in [0.1, 0.15) is 12.5 Å². The molecule has 0 radical (unpaired) electrons. The van der Waals surface area contributed by atoms with E-state index in [4.69, 9.17) is 0 Å². The molecular formula is C20H16F3N5O4S. The third-order valence-corrected chi connectivity index (χ3v) is 6.60. The van der Waals surface area contributed by atoms with E-state index in [0.29, 0.717) is 23.5 Å². The first kappa shape index (κ1) is 22.5. The number of nitrogens with zero attached hydrogens (tertiary/aromatic N) is 5. The van der Waals surface area contributed by atoms with Gasteiger partial charge in [-0.25, -0.2) is 27.8 Å². The van der Waals surface area contributed by atoms with Crippen molar-refractivity contribution in [3.8, 4) is 5.82 Å². The van der Waals surface area contributed by atoms with Gasteiger partial charge >= 0.3 is 11.5 Å². The van der Waals surface area contributed by atoms with Gasteiger partial charge in [0.2, 0.25) is 0 Å². The topological polar surface area (TPSA) is 105 Å². The van der Waals surface area contributed by atoms with Crippen LogP contribution in [-0.2, 0) is 21.2 Å². The number of rotatable bonds is 5. The second kappa shape index (κ2) is 7.99. The zero-order valence-corrected chi connectivity index (χ0v) is 17.8. The van der Waals surface area contributed by atoms with Crippen LogP contribution in [0.3, 0.4) is 0 Å². The summed E-state index contributed by atoms with van der Waals surface area (Å²) in [6.07, 6.45) is 4.82. The molecule has 2 aromatic heterocycles. The molecule has 3 amide bonds. The second-order valence-corrected chi connectivity index (χ2v) is 9.12. The first-order valence-electron chi connectivity index (χ1n) is 9.51. The molecule has 172 valence electrons. The van der Waals surface area contributed by atoms with Gasteiger partial charge in [0, 0.05) is 25.1 Å². The van der Waals surface area contributed by atoms with Crippen molar-refractivity contribution >= 4 is 27.5 Å². The molecule has 1 unspecified atom stereocenters. The van der Waals surface area contributed by atoms with Crippen LogP contribution in [0.15, 0.2) is 66.0 Å². The van der Waals surface area contributed by atoms with Crippen LogP contribution in [0.4, 0.5) is 23.7 Å². The standard InChI is InChI=1S/C20H16F3N5O4S/c1-13-18(29)28(15-3-5-16(6-4-15)33(31,32)20(21,22)23)19(30)26(13)12-14-7-9-24-17(11-14)27-10-2-8-25-27/h2-11,13H,12H2,1H3. The second-order valence-electron chi connectivity index (χ2n) is 7.18. The van der Waals surface area contributed by atoms with Crippen LogP contribution in [0.2, 0.25) is 0 Å². The molecule has 0 bridgehead atoms. The van der Waals surface area contributed by atoms with Gasteiger partial charge in [0.15, 0.2) is 5.82 Å². The van der Waals surface area contributed by atoms with Crippen molar-refractivity contribution < 1.29 is 31.2 Å². The molecule has 1 fully saturated rings. The average molecular weight is 479 g/mol. The van der Waals surface area contributed by atoms with Crippen molar-refractivity contribution in [2.45, 2.75) is 29.9 Å². The highest BCUT2D eigenvalue weighted by Crippen LogP contribution is 2.32. The molecule has 3 aromatic rings. The molecule has 1 aliphatic rings. The minimum absolute atomic E-state index is 0.0348. The third-order valence-electron chi connectivity index (χ3n) is 5.09. The molecule has 0 N–H and O–H groups in total. The highest BCUT2D eigenvalue weighted by molar-refractivity contribution is 7.92. The smallest absolute Gasteiger partial charge is 0.308 e. The number of carbonyl (C=O) groups excluding carboxylic acids is 2. The minimum atomic E-state index is -5.54. The van der Waals surface area contributed by atoms with Gasteiger partial charge in [0.25, 0.3) is 15.7 Å². The number of anilines is 1. The Morgan fingerprint density at radius 2 is 1.76 bits per heavy atom. The van der Waals surface area contributed by atoms with Crippen LogP contribution >= 0.6 is 0 Å². The fourth-order valence-electron chi connectivity index (χ4n) is 3.34. The van der Waals surface area contributed by atoms with Crippen molar-refractivity contribution in [3.05, 3.63) is 66.6 Å². The number of imide groups is 1. The van der Waals surface area contributed by atoms with Gasteiger partial charge in [0.1, 0.15) is 6.04 Å². The fraction of sp³-hybridized carbons (Fsp3) is 0.200. The lowest BCUT2D eigenvalue weighted by Gasteiger charge is -2.19. The highest BCUT2D eigenvalue weighted by atomic mass is 32.2. The van der Waals surface area contributed by atoms with E-state index in [0.717, 1.165) is 17.0 Å². The first-order valence-corrected chi connectivity index (χ1v) is 11.0. The largest absolute Gasteiger partial charge is 0.501 e. The summed E-state index contributed by atoms with van der Waals surface area (Å²) in [5.74, 6) is -0.0748. The molecule has 0 saturated carbocycles.